The molecule has 0 fully saturated rings. The molecule has 7 nitrogen and oxygen atoms in total. The predicted octanol–water partition coefficient (Wildman–Crippen LogP) is 1.92. The van der Waals surface area contributed by atoms with Gasteiger partial charge in [0, 0.05) is 12.6 Å². The zero-order valence-electron chi connectivity index (χ0n) is 10.1. The van der Waals surface area contributed by atoms with E-state index in [1.807, 2.05) is 0 Å². The number of hydrogen-bond acceptors (Lipinski definition) is 6. The molecule has 1 aromatic heterocycles. The number of nitrogens with zero attached hydrogens (tertiary/aromatic N) is 1. The molecule has 0 aliphatic heterocycles. The molecule has 0 bridgehead atoms. The van der Waals surface area contributed by atoms with Gasteiger partial charge in [0.2, 0.25) is 10.0 Å². The van der Waals surface area contributed by atoms with Crippen molar-refractivity contribution in [2.45, 2.75) is 11.4 Å². The van der Waals surface area contributed by atoms with Crippen LogP contribution in [-0.2, 0) is 16.6 Å². The molecule has 2 aromatic rings. The molecule has 0 spiro atoms. The Kier molecular flexibility index (Phi) is 4.02. The van der Waals surface area contributed by atoms with Gasteiger partial charge in [0.15, 0.2) is 5.00 Å². The SMILES string of the molecule is NS(=O)(=O)c1ccc(CNc2sccc2[N+](=O)[O-])cc1. The van der Waals surface area contributed by atoms with E-state index < -0.39 is 14.9 Å². The highest BCUT2D eigenvalue weighted by molar-refractivity contribution is 7.89. The Balaban J connectivity index is 2.08. The zero-order valence-corrected chi connectivity index (χ0v) is 11.8. The maximum absolute atomic E-state index is 11.1. The second-order valence-electron chi connectivity index (χ2n) is 3.93. The second kappa shape index (κ2) is 5.57. The van der Waals surface area contributed by atoms with Crippen molar-refractivity contribution in [3.63, 3.8) is 0 Å². The average Bonchev–Trinajstić information content (AvgIpc) is 2.84. The van der Waals surface area contributed by atoms with Gasteiger partial charge in [-0.15, -0.1) is 11.3 Å². The summed E-state index contributed by atoms with van der Waals surface area (Å²) in [4.78, 5) is 10.3. The Bertz CT molecular complexity index is 722. The van der Waals surface area contributed by atoms with E-state index in [4.69, 9.17) is 5.14 Å². The molecule has 1 heterocycles. The number of anilines is 1. The van der Waals surface area contributed by atoms with Gasteiger partial charge >= 0.3 is 5.69 Å². The molecule has 20 heavy (non-hydrogen) atoms. The van der Waals surface area contributed by atoms with Crippen molar-refractivity contribution >= 4 is 32.0 Å². The van der Waals surface area contributed by atoms with Crippen molar-refractivity contribution in [2.24, 2.45) is 5.14 Å². The normalized spacial score (nSPS) is 11.2. The van der Waals surface area contributed by atoms with Crippen molar-refractivity contribution in [1.29, 1.82) is 0 Å². The van der Waals surface area contributed by atoms with Crippen LogP contribution < -0.4 is 10.5 Å². The van der Waals surface area contributed by atoms with Gasteiger partial charge in [-0.05, 0) is 23.1 Å². The summed E-state index contributed by atoms with van der Waals surface area (Å²) in [7, 11) is -3.70. The van der Waals surface area contributed by atoms with Gasteiger partial charge in [0.1, 0.15) is 0 Å². The highest BCUT2D eigenvalue weighted by Crippen LogP contribution is 2.30. The molecular formula is C11H11N3O4S2. The first-order valence-corrected chi connectivity index (χ1v) is 7.88. The number of sulfonamides is 1. The van der Waals surface area contributed by atoms with Crippen LogP contribution in [0.2, 0.25) is 0 Å². The fourth-order valence-corrected chi connectivity index (χ4v) is 2.83. The average molecular weight is 313 g/mol. The fraction of sp³-hybridized carbons (Fsp3) is 0.0909. The Labute approximate surface area is 119 Å². The first kappa shape index (κ1) is 14.4. The summed E-state index contributed by atoms with van der Waals surface area (Å²) in [6, 6.07) is 7.43. The summed E-state index contributed by atoms with van der Waals surface area (Å²) in [6.45, 7) is 0.353. The van der Waals surface area contributed by atoms with Crippen molar-refractivity contribution < 1.29 is 13.3 Å². The quantitative estimate of drug-likeness (QED) is 0.646. The lowest BCUT2D eigenvalue weighted by atomic mass is 10.2. The largest absolute Gasteiger partial charge is 0.367 e. The van der Waals surface area contributed by atoms with Crippen molar-refractivity contribution in [3.05, 3.63) is 51.4 Å². The summed E-state index contributed by atoms with van der Waals surface area (Å²) >= 11 is 1.24. The minimum absolute atomic E-state index is 0.0242. The molecule has 0 amide bonds. The van der Waals surface area contributed by atoms with E-state index in [0.717, 1.165) is 5.56 Å². The van der Waals surface area contributed by atoms with Gasteiger partial charge in [0.25, 0.3) is 0 Å². The van der Waals surface area contributed by atoms with E-state index in [1.54, 1.807) is 17.5 Å². The van der Waals surface area contributed by atoms with Crippen LogP contribution in [0.15, 0.2) is 40.6 Å². The lowest BCUT2D eigenvalue weighted by Crippen LogP contribution is -2.12. The molecule has 0 aliphatic carbocycles. The minimum Gasteiger partial charge on any atom is -0.367 e. The number of rotatable bonds is 5. The predicted molar refractivity (Wildman–Crippen MR) is 76.1 cm³/mol. The Morgan fingerprint density at radius 1 is 1.25 bits per heavy atom. The zero-order chi connectivity index (χ0) is 14.8. The van der Waals surface area contributed by atoms with Crippen LogP contribution >= 0.6 is 11.3 Å². The smallest absolute Gasteiger partial charge is 0.303 e. The number of thiophene rings is 1. The number of benzene rings is 1. The highest BCUT2D eigenvalue weighted by Gasteiger charge is 2.14. The Morgan fingerprint density at radius 2 is 1.90 bits per heavy atom. The van der Waals surface area contributed by atoms with Crippen LogP contribution in [-0.4, -0.2) is 13.3 Å². The van der Waals surface area contributed by atoms with Crippen LogP contribution in [0, 0.1) is 10.1 Å². The van der Waals surface area contributed by atoms with Crippen LogP contribution in [0.25, 0.3) is 0 Å². The maximum atomic E-state index is 11.1. The Morgan fingerprint density at radius 3 is 2.45 bits per heavy atom. The van der Waals surface area contributed by atoms with Crippen molar-refractivity contribution in [3.8, 4) is 0 Å². The van der Waals surface area contributed by atoms with Gasteiger partial charge in [-0.1, -0.05) is 12.1 Å². The van der Waals surface area contributed by atoms with Gasteiger partial charge < -0.3 is 5.32 Å². The van der Waals surface area contributed by atoms with E-state index >= 15 is 0 Å². The second-order valence-corrected chi connectivity index (χ2v) is 6.41. The minimum atomic E-state index is -3.70. The number of nitrogens with one attached hydrogen (secondary N) is 1. The van der Waals surface area contributed by atoms with Crippen LogP contribution in [0.5, 0.6) is 0 Å². The summed E-state index contributed by atoms with van der Waals surface area (Å²) in [5, 5.41) is 20.8. The highest BCUT2D eigenvalue weighted by atomic mass is 32.2. The van der Waals surface area contributed by atoms with Gasteiger partial charge in [-0.3, -0.25) is 10.1 Å². The first-order valence-electron chi connectivity index (χ1n) is 5.45. The third-order valence-electron chi connectivity index (χ3n) is 2.55. The van der Waals surface area contributed by atoms with E-state index in [1.165, 1.54) is 29.5 Å². The van der Waals surface area contributed by atoms with Crippen molar-refractivity contribution in [2.75, 3.05) is 5.32 Å². The number of nitrogens with two attached hydrogens (primary N) is 1. The Hall–Kier alpha value is -1.97. The van der Waals surface area contributed by atoms with Gasteiger partial charge in [-0.25, -0.2) is 13.6 Å². The summed E-state index contributed by atoms with van der Waals surface area (Å²) < 4.78 is 22.2. The molecule has 2 rings (SSSR count). The third kappa shape index (κ3) is 3.32. The summed E-state index contributed by atoms with van der Waals surface area (Å²) in [6.07, 6.45) is 0. The summed E-state index contributed by atoms with van der Waals surface area (Å²) in [5.41, 5.74) is 0.816. The molecule has 1 aromatic carbocycles. The molecule has 0 unspecified atom stereocenters. The number of hydrogen-bond donors (Lipinski definition) is 2. The monoisotopic (exact) mass is 313 g/mol. The van der Waals surface area contributed by atoms with E-state index in [2.05, 4.69) is 5.32 Å². The lowest BCUT2D eigenvalue weighted by molar-refractivity contribution is -0.383. The van der Waals surface area contributed by atoms with Crippen molar-refractivity contribution in [1.82, 2.24) is 0 Å². The summed E-state index contributed by atoms with van der Waals surface area (Å²) in [5.74, 6) is 0. The topological polar surface area (TPSA) is 115 Å². The van der Waals surface area contributed by atoms with E-state index in [-0.39, 0.29) is 10.6 Å². The molecule has 0 radical (unpaired) electrons. The first-order chi connectivity index (χ1) is 9.38. The van der Waals surface area contributed by atoms with Crippen LogP contribution in [0.1, 0.15) is 5.56 Å². The molecule has 106 valence electrons. The van der Waals surface area contributed by atoms with E-state index in [0.29, 0.717) is 11.5 Å². The van der Waals surface area contributed by atoms with E-state index in [9.17, 15) is 18.5 Å². The maximum Gasteiger partial charge on any atom is 0.303 e. The van der Waals surface area contributed by atoms with Crippen LogP contribution in [0.4, 0.5) is 10.7 Å². The molecule has 0 saturated carbocycles. The van der Waals surface area contributed by atoms with Crippen LogP contribution in [0.3, 0.4) is 0 Å². The molecule has 0 atom stereocenters. The van der Waals surface area contributed by atoms with Gasteiger partial charge in [0.05, 0.1) is 9.82 Å². The number of primary sulfonamides is 1. The third-order valence-corrected chi connectivity index (χ3v) is 4.34. The molecule has 9 heteroatoms. The molecule has 0 aliphatic rings. The lowest BCUT2D eigenvalue weighted by Gasteiger charge is -2.05. The number of nitro groups is 1. The molecule has 0 saturated heterocycles. The fourth-order valence-electron chi connectivity index (χ4n) is 1.56. The molecular weight excluding hydrogens is 302 g/mol. The standard InChI is InChI=1S/C11H11N3O4S2/c12-20(17,18)9-3-1-8(2-4-9)7-13-11-10(14(15)16)5-6-19-11/h1-6,13H,7H2,(H2,12,17,18). The van der Waals surface area contributed by atoms with Gasteiger partial charge in [-0.2, -0.15) is 0 Å². The molecule has 3 N–H and O–H groups in total.